The molecule has 1 saturated heterocycles. The van der Waals surface area contributed by atoms with Crippen LogP contribution in [0.4, 0.5) is 11.4 Å². The summed E-state index contributed by atoms with van der Waals surface area (Å²) in [5.41, 5.74) is 2.28. The molecule has 2 aromatic rings. The van der Waals surface area contributed by atoms with Gasteiger partial charge in [0.05, 0.1) is 10.9 Å². The Bertz CT molecular complexity index is 840. The number of anilines is 2. The summed E-state index contributed by atoms with van der Waals surface area (Å²) in [5.74, 6) is -0.677. The molecule has 1 atom stereocenters. The summed E-state index contributed by atoms with van der Waals surface area (Å²) in [7, 11) is 0. The maximum atomic E-state index is 12.6. The first-order chi connectivity index (χ1) is 11.8. The van der Waals surface area contributed by atoms with Crippen LogP contribution in [0.3, 0.4) is 0 Å². The van der Waals surface area contributed by atoms with Crippen LogP contribution in [0, 0.1) is 12.8 Å². The molecule has 2 aromatic carbocycles. The van der Waals surface area contributed by atoms with Gasteiger partial charge >= 0.3 is 0 Å². The molecule has 130 valence electrons. The van der Waals surface area contributed by atoms with Gasteiger partial charge in [-0.1, -0.05) is 23.2 Å². The molecule has 7 heteroatoms. The lowest BCUT2D eigenvalue weighted by Gasteiger charge is -2.17. The lowest BCUT2D eigenvalue weighted by Crippen LogP contribution is -2.28. The lowest BCUT2D eigenvalue weighted by molar-refractivity contribution is -0.122. The van der Waals surface area contributed by atoms with E-state index in [0.29, 0.717) is 22.3 Å². The standard InChI is InChI=1S/C18H15BrCl2N2O2/c1-10-6-14(19)15(21)8-16(10)22-18(25)11-7-17(24)23(9-11)13-4-2-12(20)3-5-13/h2-6,8,11H,7,9H2,1H3,(H,22,25)/t11-/m0/s1. The molecular weight excluding hydrogens is 427 g/mol. The quantitative estimate of drug-likeness (QED) is 0.723. The van der Waals surface area contributed by atoms with Crippen molar-refractivity contribution in [1.29, 1.82) is 0 Å². The van der Waals surface area contributed by atoms with Gasteiger partial charge in [-0.3, -0.25) is 9.59 Å². The SMILES string of the molecule is Cc1cc(Br)c(Cl)cc1NC(=O)[C@H]1CC(=O)N(c2ccc(Cl)cc2)C1. The summed E-state index contributed by atoms with van der Waals surface area (Å²) < 4.78 is 0.773. The van der Waals surface area contributed by atoms with E-state index >= 15 is 0 Å². The number of amides is 2. The summed E-state index contributed by atoms with van der Waals surface area (Å²) >= 11 is 15.3. The molecule has 1 N–H and O–H groups in total. The molecule has 25 heavy (non-hydrogen) atoms. The van der Waals surface area contributed by atoms with E-state index in [4.69, 9.17) is 23.2 Å². The van der Waals surface area contributed by atoms with Gasteiger partial charge in [-0.25, -0.2) is 0 Å². The zero-order valence-electron chi connectivity index (χ0n) is 13.4. The first-order valence-electron chi connectivity index (χ1n) is 7.67. The van der Waals surface area contributed by atoms with Gasteiger partial charge in [0.25, 0.3) is 0 Å². The monoisotopic (exact) mass is 440 g/mol. The first-order valence-corrected chi connectivity index (χ1v) is 9.22. The smallest absolute Gasteiger partial charge is 0.229 e. The van der Waals surface area contributed by atoms with Crippen molar-refractivity contribution in [2.75, 3.05) is 16.8 Å². The number of hydrogen-bond donors (Lipinski definition) is 1. The molecule has 0 radical (unpaired) electrons. The average Bonchev–Trinajstić information content (AvgIpc) is 2.95. The lowest BCUT2D eigenvalue weighted by atomic mass is 10.1. The van der Waals surface area contributed by atoms with E-state index in [2.05, 4.69) is 21.2 Å². The van der Waals surface area contributed by atoms with Gasteiger partial charge in [0.2, 0.25) is 11.8 Å². The van der Waals surface area contributed by atoms with Crippen LogP contribution in [-0.4, -0.2) is 18.4 Å². The number of carbonyl (C=O) groups is 2. The fourth-order valence-corrected chi connectivity index (χ4v) is 3.52. The van der Waals surface area contributed by atoms with Gasteiger partial charge in [-0.15, -0.1) is 0 Å². The van der Waals surface area contributed by atoms with Gasteiger partial charge in [0, 0.05) is 33.8 Å². The van der Waals surface area contributed by atoms with Gasteiger partial charge in [-0.2, -0.15) is 0 Å². The van der Waals surface area contributed by atoms with Crippen LogP contribution in [0.2, 0.25) is 10.0 Å². The molecule has 0 spiro atoms. The molecule has 0 bridgehead atoms. The molecule has 1 fully saturated rings. The van der Waals surface area contributed by atoms with Crippen molar-refractivity contribution < 1.29 is 9.59 Å². The maximum Gasteiger partial charge on any atom is 0.229 e. The molecule has 1 aliphatic heterocycles. The fraction of sp³-hybridized carbons (Fsp3) is 0.222. The second kappa shape index (κ2) is 7.36. The normalized spacial score (nSPS) is 17.0. The Labute approximate surface area is 164 Å². The Morgan fingerprint density at radius 2 is 1.92 bits per heavy atom. The second-order valence-corrected chi connectivity index (χ2v) is 7.65. The predicted octanol–water partition coefficient (Wildman–Crippen LogP) is 5.06. The third kappa shape index (κ3) is 4.00. The van der Waals surface area contributed by atoms with Crippen LogP contribution in [0.1, 0.15) is 12.0 Å². The van der Waals surface area contributed by atoms with Crippen molar-refractivity contribution in [3.8, 4) is 0 Å². The molecular formula is C18H15BrCl2N2O2. The van der Waals surface area contributed by atoms with Gasteiger partial charge in [0.15, 0.2) is 0 Å². The summed E-state index contributed by atoms with van der Waals surface area (Å²) in [5, 5.41) is 4.00. The molecule has 0 aliphatic carbocycles. The second-order valence-electron chi connectivity index (χ2n) is 5.95. The third-order valence-electron chi connectivity index (χ3n) is 4.16. The van der Waals surface area contributed by atoms with Crippen LogP contribution >= 0.6 is 39.1 Å². The van der Waals surface area contributed by atoms with E-state index in [-0.39, 0.29) is 18.2 Å². The number of hydrogen-bond acceptors (Lipinski definition) is 2. The van der Waals surface area contributed by atoms with Crippen molar-refractivity contribution in [3.05, 3.63) is 56.5 Å². The van der Waals surface area contributed by atoms with E-state index in [1.807, 2.05) is 13.0 Å². The summed E-state index contributed by atoms with van der Waals surface area (Å²) in [6.07, 6.45) is 0.178. The van der Waals surface area contributed by atoms with Crippen LogP contribution in [0.5, 0.6) is 0 Å². The van der Waals surface area contributed by atoms with Crippen molar-refractivity contribution in [3.63, 3.8) is 0 Å². The molecule has 1 heterocycles. The molecule has 0 saturated carbocycles. The highest BCUT2D eigenvalue weighted by Crippen LogP contribution is 2.31. The Kier molecular flexibility index (Phi) is 5.37. The van der Waals surface area contributed by atoms with Crippen molar-refractivity contribution in [2.24, 2.45) is 5.92 Å². The maximum absolute atomic E-state index is 12.6. The molecule has 3 rings (SSSR count). The highest BCUT2D eigenvalue weighted by atomic mass is 79.9. The van der Waals surface area contributed by atoms with E-state index < -0.39 is 5.92 Å². The summed E-state index contributed by atoms with van der Waals surface area (Å²) in [6, 6.07) is 10.6. The zero-order valence-corrected chi connectivity index (χ0v) is 16.5. The zero-order chi connectivity index (χ0) is 18.1. The van der Waals surface area contributed by atoms with Gasteiger partial charge < -0.3 is 10.2 Å². The largest absolute Gasteiger partial charge is 0.325 e. The Hall–Kier alpha value is -1.56. The number of rotatable bonds is 3. The number of aryl methyl sites for hydroxylation is 1. The summed E-state index contributed by atoms with van der Waals surface area (Å²) in [4.78, 5) is 26.5. The minimum atomic E-state index is -0.412. The molecule has 1 aliphatic rings. The highest BCUT2D eigenvalue weighted by Gasteiger charge is 2.35. The van der Waals surface area contributed by atoms with Crippen molar-refractivity contribution >= 4 is 62.3 Å². The average molecular weight is 442 g/mol. The Morgan fingerprint density at radius 1 is 1.24 bits per heavy atom. The molecule has 2 amide bonds. The van der Waals surface area contributed by atoms with Crippen LogP contribution < -0.4 is 10.2 Å². The number of halogens is 3. The third-order valence-corrected chi connectivity index (χ3v) is 5.61. The van der Waals surface area contributed by atoms with Crippen LogP contribution in [0.15, 0.2) is 40.9 Å². The number of nitrogens with one attached hydrogen (secondary N) is 1. The van der Waals surface area contributed by atoms with E-state index in [0.717, 1.165) is 15.7 Å². The van der Waals surface area contributed by atoms with Crippen LogP contribution in [0.25, 0.3) is 0 Å². The van der Waals surface area contributed by atoms with Crippen molar-refractivity contribution in [2.45, 2.75) is 13.3 Å². The van der Waals surface area contributed by atoms with E-state index in [9.17, 15) is 9.59 Å². The minimum absolute atomic E-state index is 0.0759. The van der Waals surface area contributed by atoms with E-state index in [1.54, 1.807) is 35.2 Å². The molecule has 0 aromatic heterocycles. The van der Waals surface area contributed by atoms with Crippen molar-refractivity contribution in [1.82, 2.24) is 0 Å². The topological polar surface area (TPSA) is 49.4 Å². The van der Waals surface area contributed by atoms with Gasteiger partial charge in [0.1, 0.15) is 0 Å². The number of benzene rings is 2. The summed E-state index contributed by atoms with van der Waals surface area (Å²) in [6.45, 7) is 2.23. The minimum Gasteiger partial charge on any atom is -0.325 e. The Balaban J connectivity index is 1.73. The Morgan fingerprint density at radius 3 is 2.60 bits per heavy atom. The van der Waals surface area contributed by atoms with Crippen LogP contribution in [-0.2, 0) is 9.59 Å². The highest BCUT2D eigenvalue weighted by molar-refractivity contribution is 9.10. The first kappa shape index (κ1) is 18.2. The molecule has 4 nitrogen and oxygen atoms in total. The number of carbonyl (C=O) groups excluding carboxylic acids is 2. The van der Waals surface area contributed by atoms with Gasteiger partial charge in [-0.05, 0) is 64.8 Å². The molecule has 0 unspecified atom stereocenters. The fourth-order valence-electron chi connectivity index (χ4n) is 2.77. The van der Waals surface area contributed by atoms with E-state index in [1.165, 1.54) is 0 Å². The predicted molar refractivity (Wildman–Crippen MR) is 104 cm³/mol. The number of nitrogens with zero attached hydrogens (tertiary/aromatic N) is 1.